The van der Waals surface area contributed by atoms with Gasteiger partial charge in [-0.05, 0) is 32.3 Å². The maximum absolute atomic E-state index is 12.6. The zero-order valence-electron chi connectivity index (χ0n) is 18.2. The smallest absolute Gasteiger partial charge is 0.196 e. The van der Waals surface area contributed by atoms with E-state index in [1.54, 1.807) is 0 Å². The van der Waals surface area contributed by atoms with E-state index in [-0.39, 0.29) is 5.78 Å². The fraction of sp³-hybridized carbons (Fsp3) is 0.296. The summed E-state index contributed by atoms with van der Waals surface area (Å²) in [6.07, 6.45) is -0.527. The van der Waals surface area contributed by atoms with E-state index in [9.17, 15) is 4.79 Å². The Morgan fingerprint density at radius 2 is 1.21 bits per heavy atom. The third kappa shape index (κ3) is 7.67. The molecule has 2 nitrogen and oxygen atoms in total. The third-order valence-corrected chi connectivity index (χ3v) is 4.36. The van der Waals surface area contributed by atoms with Crippen molar-refractivity contribution in [3.8, 4) is 0 Å². The number of Topliss-reactive ketones (excluding diaryl/α,β-unsaturated/α-hetero) is 1. The number of benzene rings is 3. The highest BCUT2D eigenvalue weighted by molar-refractivity contribution is 6.00. The molecule has 0 aliphatic carbocycles. The van der Waals surface area contributed by atoms with Crippen molar-refractivity contribution in [2.24, 2.45) is 5.92 Å². The molecular formula is C27H32O2. The van der Waals surface area contributed by atoms with Crippen LogP contribution in [0.5, 0.6) is 0 Å². The van der Waals surface area contributed by atoms with Crippen molar-refractivity contribution in [2.75, 3.05) is 6.61 Å². The molecule has 0 heterocycles. The SMILES string of the molecule is CC(C)COC(C(=O)c1ccccc1)c1ccccc1.Cc1cc(C)cc(C)c1. The van der Waals surface area contributed by atoms with Gasteiger partial charge >= 0.3 is 0 Å². The molecule has 1 atom stereocenters. The number of carbonyl (C=O) groups excluding carboxylic acids is 1. The van der Waals surface area contributed by atoms with Crippen LogP contribution >= 0.6 is 0 Å². The lowest BCUT2D eigenvalue weighted by atomic mass is 10.00. The second kappa shape index (κ2) is 11.3. The van der Waals surface area contributed by atoms with Gasteiger partial charge in [-0.15, -0.1) is 0 Å². The zero-order chi connectivity index (χ0) is 21.2. The Bertz CT molecular complexity index is 832. The molecule has 1 unspecified atom stereocenters. The highest BCUT2D eigenvalue weighted by Crippen LogP contribution is 2.23. The van der Waals surface area contributed by atoms with Gasteiger partial charge in [0.1, 0.15) is 6.10 Å². The Morgan fingerprint density at radius 1 is 0.759 bits per heavy atom. The summed E-state index contributed by atoms with van der Waals surface area (Å²) < 4.78 is 5.86. The fourth-order valence-corrected chi connectivity index (χ4v) is 3.20. The predicted octanol–water partition coefficient (Wildman–Crippen LogP) is 6.90. The molecule has 0 aliphatic rings. The van der Waals surface area contributed by atoms with Crippen LogP contribution in [-0.2, 0) is 4.74 Å². The molecule has 3 aromatic rings. The van der Waals surface area contributed by atoms with Gasteiger partial charge in [0.2, 0.25) is 0 Å². The van der Waals surface area contributed by atoms with E-state index in [0.29, 0.717) is 18.1 Å². The Balaban J connectivity index is 0.000000278. The number of ether oxygens (including phenoxy) is 1. The van der Waals surface area contributed by atoms with E-state index in [2.05, 4.69) is 52.8 Å². The Hall–Kier alpha value is -2.71. The molecule has 0 N–H and O–H groups in total. The van der Waals surface area contributed by atoms with E-state index in [0.717, 1.165) is 5.56 Å². The highest BCUT2D eigenvalue weighted by atomic mass is 16.5. The summed E-state index contributed by atoms with van der Waals surface area (Å²) in [4.78, 5) is 12.6. The normalized spacial score (nSPS) is 11.5. The summed E-state index contributed by atoms with van der Waals surface area (Å²) in [6, 6.07) is 25.5. The van der Waals surface area contributed by atoms with Gasteiger partial charge in [-0.25, -0.2) is 0 Å². The molecule has 0 radical (unpaired) electrons. The van der Waals surface area contributed by atoms with Gasteiger partial charge in [-0.3, -0.25) is 4.79 Å². The van der Waals surface area contributed by atoms with Crippen LogP contribution in [0, 0.1) is 26.7 Å². The summed E-state index contributed by atoms with van der Waals surface area (Å²) in [5.74, 6) is 0.405. The van der Waals surface area contributed by atoms with Crippen molar-refractivity contribution >= 4 is 5.78 Å². The van der Waals surface area contributed by atoms with Gasteiger partial charge in [0, 0.05) is 5.56 Å². The molecular weight excluding hydrogens is 356 g/mol. The van der Waals surface area contributed by atoms with Crippen LogP contribution in [0.4, 0.5) is 0 Å². The first-order chi connectivity index (χ1) is 13.9. The standard InChI is InChI=1S/C18H20O2.C9H12/c1-14(2)13-20-18(16-11-7-4-8-12-16)17(19)15-9-5-3-6-10-15;1-7-4-8(2)6-9(3)5-7/h3-12,14,18H,13H2,1-2H3;4-6H,1-3H3. The highest BCUT2D eigenvalue weighted by Gasteiger charge is 2.22. The molecule has 152 valence electrons. The van der Waals surface area contributed by atoms with Crippen LogP contribution in [0.25, 0.3) is 0 Å². The fourth-order valence-electron chi connectivity index (χ4n) is 3.20. The van der Waals surface area contributed by atoms with Crippen molar-refractivity contribution < 1.29 is 9.53 Å². The number of aryl methyl sites for hydroxylation is 3. The van der Waals surface area contributed by atoms with Crippen molar-refractivity contribution in [1.82, 2.24) is 0 Å². The summed E-state index contributed by atoms with van der Waals surface area (Å²) >= 11 is 0. The average Bonchev–Trinajstić information content (AvgIpc) is 2.69. The molecule has 3 rings (SSSR count). The number of rotatable bonds is 6. The number of carbonyl (C=O) groups is 1. The van der Waals surface area contributed by atoms with Crippen molar-refractivity contribution in [3.63, 3.8) is 0 Å². The van der Waals surface area contributed by atoms with Crippen molar-refractivity contribution in [1.29, 1.82) is 0 Å². The molecule has 0 bridgehead atoms. The van der Waals surface area contributed by atoms with Crippen LogP contribution in [-0.4, -0.2) is 12.4 Å². The largest absolute Gasteiger partial charge is 0.365 e. The average molecular weight is 389 g/mol. The van der Waals surface area contributed by atoms with Gasteiger partial charge in [0.15, 0.2) is 5.78 Å². The van der Waals surface area contributed by atoms with E-state index >= 15 is 0 Å². The van der Waals surface area contributed by atoms with Gasteiger partial charge in [-0.1, -0.05) is 109 Å². The molecule has 2 heteroatoms. The molecule has 0 saturated carbocycles. The quantitative estimate of drug-likeness (QED) is 0.430. The molecule has 0 fully saturated rings. The molecule has 0 saturated heterocycles. The van der Waals surface area contributed by atoms with E-state index in [1.165, 1.54) is 16.7 Å². The minimum Gasteiger partial charge on any atom is -0.365 e. The van der Waals surface area contributed by atoms with E-state index < -0.39 is 6.10 Å². The van der Waals surface area contributed by atoms with E-state index in [4.69, 9.17) is 4.74 Å². The monoisotopic (exact) mass is 388 g/mol. The van der Waals surface area contributed by atoms with Gasteiger partial charge in [0.25, 0.3) is 0 Å². The lowest BCUT2D eigenvalue weighted by Crippen LogP contribution is -2.18. The Morgan fingerprint density at radius 3 is 1.66 bits per heavy atom. The van der Waals surface area contributed by atoms with Crippen LogP contribution in [0.1, 0.15) is 52.6 Å². The van der Waals surface area contributed by atoms with Crippen LogP contribution < -0.4 is 0 Å². The van der Waals surface area contributed by atoms with Gasteiger partial charge in [-0.2, -0.15) is 0 Å². The number of hydrogen-bond acceptors (Lipinski definition) is 2. The topological polar surface area (TPSA) is 26.3 Å². The summed E-state index contributed by atoms with van der Waals surface area (Å²) in [5, 5.41) is 0. The number of ketones is 1. The Kier molecular flexibility index (Phi) is 8.82. The third-order valence-electron chi connectivity index (χ3n) is 4.36. The molecule has 0 amide bonds. The number of hydrogen-bond donors (Lipinski definition) is 0. The summed E-state index contributed by atoms with van der Waals surface area (Å²) in [5.41, 5.74) is 5.65. The van der Waals surface area contributed by atoms with Crippen LogP contribution in [0.2, 0.25) is 0 Å². The minimum absolute atomic E-state index is 0.0115. The first kappa shape index (κ1) is 22.6. The lowest BCUT2D eigenvalue weighted by Gasteiger charge is -2.18. The Labute approximate surface area is 175 Å². The van der Waals surface area contributed by atoms with Crippen molar-refractivity contribution in [2.45, 2.75) is 40.7 Å². The molecule has 0 aliphatic heterocycles. The first-order valence-corrected chi connectivity index (χ1v) is 10.2. The van der Waals surface area contributed by atoms with Crippen molar-refractivity contribution in [3.05, 3.63) is 107 Å². The van der Waals surface area contributed by atoms with Crippen LogP contribution in [0.3, 0.4) is 0 Å². The van der Waals surface area contributed by atoms with Gasteiger partial charge < -0.3 is 4.74 Å². The molecule has 0 aromatic heterocycles. The molecule has 3 aromatic carbocycles. The van der Waals surface area contributed by atoms with E-state index in [1.807, 2.05) is 60.7 Å². The molecule has 0 spiro atoms. The second-order valence-electron chi connectivity index (χ2n) is 7.91. The predicted molar refractivity (Wildman–Crippen MR) is 121 cm³/mol. The maximum atomic E-state index is 12.6. The minimum atomic E-state index is -0.527. The first-order valence-electron chi connectivity index (χ1n) is 10.2. The lowest BCUT2D eigenvalue weighted by molar-refractivity contribution is 0.0308. The summed E-state index contributed by atoms with van der Waals surface area (Å²) in [6.45, 7) is 11.1. The van der Waals surface area contributed by atoms with Crippen LogP contribution in [0.15, 0.2) is 78.9 Å². The van der Waals surface area contributed by atoms with Gasteiger partial charge in [0.05, 0.1) is 6.61 Å². The maximum Gasteiger partial charge on any atom is 0.196 e. The summed E-state index contributed by atoms with van der Waals surface area (Å²) in [7, 11) is 0. The zero-order valence-corrected chi connectivity index (χ0v) is 18.2. The molecule has 29 heavy (non-hydrogen) atoms. The second-order valence-corrected chi connectivity index (χ2v) is 7.91.